The second kappa shape index (κ2) is 8.09. The molecule has 1 N–H and O–H groups in total. The Morgan fingerprint density at radius 2 is 2.10 bits per heavy atom. The summed E-state index contributed by atoms with van der Waals surface area (Å²) in [7, 11) is 0. The number of nitrogens with one attached hydrogen (secondary N) is 1. The summed E-state index contributed by atoms with van der Waals surface area (Å²) in [5.41, 5.74) is -0.510. The fraction of sp³-hybridized carbons (Fsp3) is 0.857. The van der Waals surface area contributed by atoms with E-state index in [1.54, 1.807) is 20.8 Å². The lowest BCUT2D eigenvalue weighted by molar-refractivity contribution is -0.146. The van der Waals surface area contributed by atoms with Crippen LogP contribution in [-0.2, 0) is 19.0 Å². The van der Waals surface area contributed by atoms with Gasteiger partial charge in [-0.3, -0.25) is 4.79 Å². The minimum atomic E-state index is -0.510. The van der Waals surface area contributed by atoms with Crippen molar-refractivity contribution in [2.75, 3.05) is 19.8 Å². The Morgan fingerprint density at radius 1 is 1.35 bits per heavy atom. The molecule has 6 nitrogen and oxygen atoms in total. The van der Waals surface area contributed by atoms with Gasteiger partial charge in [-0.05, 0) is 40.0 Å². The predicted octanol–water partition coefficient (Wildman–Crippen LogP) is 2.01. The Balaban J connectivity index is 2.00. The quantitative estimate of drug-likeness (QED) is 0.597. The molecule has 1 unspecified atom stereocenters. The molecule has 6 heteroatoms. The molecule has 1 aliphatic heterocycles. The van der Waals surface area contributed by atoms with Gasteiger partial charge in [-0.2, -0.15) is 0 Å². The lowest BCUT2D eigenvalue weighted by Crippen LogP contribution is -2.33. The van der Waals surface area contributed by atoms with Gasteiger partial charge in [0.25, 0.3) is 0 Å². The monoisotopic (exact) mass is 287 g/mol. The van der Waals surface area contributed by atoms with Crippen LogP contribution < -0.4 is 5.32 Å². The Kier molecular flexibility index (Phi) is 6.78. The Morgan fingerprint density at radius 3 is 2.70 bits per heavy atom. The van der Waals surface area contributed by atoms with Crippen LogP contribution in [0.5, 0.6) is 0 Å². The topological polar surface area (TPSA) is 73.9 Å². The van der Waals surface area contributed by atoms with E-state index in [9.17, 15) is 9.59 Å². The van der Waals surface area contributed by atoms with E-state index < -0.39 is 11.7 Å². The second-order valence-corrected chi connectivity index (χ2v) is 5.85. The van der Waals surface area contributed by atoms with Crippen LogP contribution in [0, 0.1) is 0 Å². The maximum absolute atomic E-state index is 11.5. The molecule has 20 heavy (non-hydrogen) atoms. The van der Waals surface area contributed by atoms with Gasteiger partial charge >= 0.3 is 12.1 Å². The minimum Gasteiger partial charge on any atom is -0.463 e. The van der Waals surface area contributed by atoms with Crippen LogP contribution in [-0.4, -0.2) is 43.5 Å². The summed E-state index contributed by atoms with van der Waals surface area (Å²) < 4.78 is 15.5. The van der Waals surface area contributed by atoms with Gasteiger partial charge in [-0.1, -0.05) is 0 Å². The van der Waals surface area contributed by atoms with Gasteiger partial charge in [0.15, 0.2) is 0 Å². The molecule has 1 atom stereocenters. The van der Waals surface area contributed by atoms with Gasteiger partial charge in [0, 0.05) is 19.6 Å². The summed E-state index contributed by atoms with van der Waals surface area (Å²) in [5, 5.41) is 2.60. The van der Waals surface area contributed by atoms with Crippen LogP contribution in [0.1, 0.15) is 46.5 Å². The number of esters is 1. The molecule has 0 aromatic carbocycles. The summed E-state index contributed by atoms with van der Waals surface area (Å²) in [6.45, 7) is 6.88. The predicted molar refractivity (Wildman–Crippen MR) is 73.4 cm³/mol. The smallest absolute Gasteiger partial charge is 0.407 e. The van der Waals surface area contributed by atoms with E-state index in [0.717, 1.165) is 19.4 Å². The van der Waals surface area contributed by atoms with Crippen molar-refractivity contribution < 1.29 is 23.8 Å². The fourth-order valence-electron chi connectivity index (χ4n) is 1.77. The number of alkyl carbamates (subject to hydrolysis) is 1. The molecule has 1 fully saturated rings. The van der Waals surface area contributed by atoms with E-state index in [-0.39, 0.29) is 18.5 Å². The minimum absolute atomic E-state index is 0.0545. The van der Waals surface area contributed by atoms with Crippen LogP contribution in [0.3, 0.4) is 0 Å². The Bertz CT molecular complexity index is 318. The van der Waals surface area contributed by atoms with Crippen LogP contribution in [0.15, 0.2) is 0 Å². The molecular weight excluding hydrogens is 262 g/mol. The summed E-state index contributed by atoms with van der Waals surface area (Å²) in [6.07, 6.45) is 2.38. The third-order valence-electron chi connectivity index (χ3n) is 2.68. The average molecular weight is 287 g/mol. The van der Waals surface area contributed by atoms with Crippen molar-refractivity contribution >= 4 is 12.1 Å². The first-order valence-corrected chi connectivity index (χ1v) is 7.11. The number of carbonyl (C=O) groups excluding carboxylic acids is 2. The number of carbonyl (C=O) groups is 2. The molecule has 1 aliphatic rings. The highest BCUT2D eigenvalue weighted by Gasteiger charge is 2.18. The number of amides is 1. The molecule has 0 aromatic rings. The van der Waals surface area contributed by atoms with E-state index >= 15 is 0 Å². The zero-order chi connectivity index (χ0) is 15.0. The number of rotatable bonds is 6. The van der Waals surface area contributed by atoms with Crippen molar-refractivity contribution in [3.63, 3.8) is 0 Å². The first-order valence-electron chi connectivity index (χ1n) is 7.11. The standard InChI is InChI=1S/C14H25NO5/c1-14(2,3)20-13(17)15-8-4-7-12(16)19-10-11-6-5-9-18-11/h11H,4-10H2,1-3H3,(H,15,17). The van der Waals surface area contributed by atoms with Gasteiger partial charge in [0.1, 0.15) is 12.2 Å². The van der Waals surface area contributed by atoms with E-state index in [0.29, 0.717) is 19.6 Å². The molecule has 0 spiro atoms. The third kappa shape index (κ3) is 7.99. The first-order chi connectivity index (χ1) is 9.37. The van der Waals surface area contributed by atoms with Crippen molar-refractivity contribution in [3.8, 4) is 0 Å². The molecule has 0 aromatic heterocycles. The van der Waals surface area contributed by atoms with Crippen LogP contribution in [0.4, 0.5) is 4.79 Å². The SMILES string of the molecule is CC(C)(C)OC(=O)NCCCC(=O)OCC1CCCO1. The number of ether oxygens (including phenoxy) is 3. The summed E-state index contributed by atoms with van der Waals surface area (Å²) in [6, 6.07) is 0. The molecule has 0 bridgehead atoms. The maximum atomic E-state index is 11.5. The average Bonchev–Trinajstić information content (AvgIpc) is 2.83. The highest BCUT2D eigenvalue weighted by atomic mass is 16.6. The van der Waals surface area contributed by atoms with E-state index in [1.807, 2.05) is 0 Å². The largest absolute Gasteiger partial charge is 0.463 e. The van der Waals surface area contributed by atoms with Crippen LogP contribution in [0.2, 0.25) is 0 Å². The molecule has 0 radical (unpaired) electrons. The van der Waals surface area contributed by atoms with Crippen LogP contribution in [0.25, 0.3) is 0 Å². The molecule has 1 saturated heterocycles. The van der Waals surface area contributed by atoms with E-state index in [2.05, 4.69) is 5.32 Å². The van der Waals surface area contributed by atoms with Crippen molar-refractivity contribution in [3.05, 3.63) is 0 Å². The Hall–Kier alpha value is -1.30. The number of hydrogen-bond donors (Lipinski definition) is 1. The van der Waals surface area contributed by atoms with Gasteiger partial charge in [-0.15, -0.1) is 0 Å². The molecule has 1 rings (SSSR count). The Labute approximate surface area is 120 Å². The van der Waals surface area contributed by atoms with E-state index in [1.165, 1.54) is 0 Å². The first kappa shape index (κ1) is 16.8. The summed E-state index contributed by atoms with van der Waals surface area (Å²) in [4.78, 5) is 22.8. The van der Waals surface area contributed by atoms with Gasteiger partial charge in [0.2, 0.25) is 0 Å². The maximum Gasteiger partial charge on any atom is 0.407 e. The lowest BCUT2D eigenvalue weighted by atomic mass is 10.2. The van der Waals surface area contributed by atoms with Gasteiger partial charge < -0.3 is 19.5 Å². The van der Waals surface area contributed by atoms with Crippen LogP contribution >= 0.6 is 0 Å². The summed E-state index contributed by atoms with van der Waals surface area (Å²) >= 11 is 0. The molecule has 116 valence electrons. The van der Waals surface area contributed by atoms with Crippen molar-refractivity contribution in [1.29, 1.82) is 0 Å². The van der Waals surface area contributed by atoms with E-state index in [4.69, 9.17) is 14.2 Å². The van der Waals surface area contributed by atoms with Crippen molar-refractivity contribution in [1.82, 2.24) is 5.32 Å². The fourth-order valence-corrected chi connectivity index (χ4v) is 1.77. The normalized spacial score (nSPS) is 18.6. The van der Waals surface area contributed by atoms with Gasteiger partial charge in [-0.25, -0.2) is 4.79 Å². The lowest BCUT2D eigenvalue weighted by Gasteiger charge is -2.19. The molecule has 1 heterocycles. The number of hydrogen-bond acceptors (Lipinski definition) is 5. The molecular formula is C14H25NO5. The highest BCUT2D eigenvalue weighted by molar-refractivity contribution is 5.70. The zero-order valence-corrected chi connectivity index (χ0v) is 12.6. The molecule has 0 aliphatic carbocycles. The second-order valence-electron chi connectivity index (χ2n) is 5.85. The van der Waals surface area contributed by atoms with Crippen molar-refractivity contribution in [2.24, 2.45) is 0 Å². The summed E-state index contributed by atoms with van der Waals surface area (Å²) in [5.74, 6) is -0.258. The molecule has 0 saturated carbocycles. The highest BCUT2D eigenvalue weighted by Crippen LogP contribution is 2.12. The third-order valence-corrected chi connectivity index (χ3v) is 2.68. The van der Waals surface area contributed by atoms with Crippen molar-refractivity contribution in [2.45, 2.75) is 58.2 Å². The van der Waals surface area contributed by atoms with Gasteiger partial charge in [0.05, 0.1) is 6.10 Å². The zero-order valence-electron chi connectivity index (χ0n) is 12.6. The molecule has 1 amide bonds.